The van der Waals surface area contributed by atoms with E-state index in [1.165, 1.54) is 31.2 Å². The molecule has 0 heterocycles. The Bertz CT molecular complexity index is 637. The van der Waals surface area contributed by atoms with Gasteiger partial charge >= 0.3 is 59.1 Å². The monoisotopic (exact) mass is 441 g/mol. The van der Waals surface area contributed by atoms with Gasteiger partial charge in [-0.25, -0.2) is 5.48 Å². The fourth-order valence-corrected chi connectivity index (χ4v) is 3.09. The predicted molar refractivity (Wildman–Crippen MR) is 104 cm³/mol. The van der Waals surface area contributed by atoms with Crippen LogP contribution in [0, 0.1) is 0 Å². The van der Waals surface area contributed by atoms with Crippen molar-refractivity contribution < 1.29 is 83.8 Å². The Morgan fingerprint density at radius 3 is 2.66 bits per heavy atom. The first-order chi connectivity index (χ1) is 13.0. The number of hydrogen-bond donors (Lipinski definition) is 1. The van der Waals surface area contributed by atoms with Crippen LogP contribution in [0.5, 0.6) is 0 Å². The largest absolute Gasteiger partial charge is 1.00 e. The minimum Gasteiger partial charge on any atom is -0.550 e. The molecule has 0 aromatic heterocycles. The molecule has 0 aliphatic carbocycles. The number of carboxylic acid groups (broad SMARTS) is 2. The van der Waals surface area contributed by atoms with Crippen molar-refractivity contribution in [2.75, 3.05) is 35.5 Å². The summed E-state index contributed by atoms with van der Waals surface area (Å²) in [6, 6.07) is 5.35. The molecule has 0 spiro atoms. The van der Waals surface area contributed by atoms with E-state index in [1.54, 1.807) is 24.3 Å². The second-order valence-electron chi connectivity index (χ2n) is 5.77. The first-order valence-electron chi connectivity index (χ1n) is 8.67. The Balaban J connectivity index is 0. The Morgan fingerprint density at radius 2 is 2.03 bits per heavy atom. The van der Waals surface area contributed by atoms with Gasteiger partial charge in [0.05, 0.1) is 24.2 Å². The van der Waals surface area contributed by atoms with Crippen LogP contribution in [0.1, 0.15) is 26.2 Å². The minimum atomic E-state index is -1.49. The summed E-state index contributed by atoms with van der Waals surface area (Å²) in [7, 11) is 1.47. The van der Waals surface area contributed by atoms with Crippen LogP contribution < -0.4 is 79.7 Å². The average molecular weight is 441 g/mol. The number of rotatable bonds is 14. The van der Waals surface area contributed by atoms with Crippen LogP contribution in [0.2, 0.25) is 0 Å². The van der Waals surface area contributed by atoms with E-state index in [0.717, 1.165) is 11.5 Å². The summed E-state index contributed by atoms with van der Waals surface area (Å²) in [5, 5.41) is 21.9. The smallest absolute Gasteiger partial charge is 0.550 e. The molecular formula is C18H25N3Na2O5S. The third-order valence-corrected chi connectivity index (χ3v) is 4.71. The van der Waals surface area contributed by atoms with Crippen molar-refractivity contribution in [3.63, 3.8) is 0 Å². The van der Waals surface area contributed by atoms with Gasteiger partial charge in [-0.05, 0) is 30.4 Å². The van der Waals surface area contributed by atoms with Gasteiger partial charge in [0.15, 0.2) is 0 Å². The van der Waals surface area contributed by atoms with Gasteiger partial charge in [-0.1, -0.05) is 19.4 Å². The molecule has 11 heteroatoms. The van der Waals surface area contributed by atoms with Gasteiger partial charge in [-0.15, -0.1) is 0 Å². The standard InChI is InChI=1S/C18H27N3O5S.2Na/c1-3-4-9-27-10-8-19-13-26-20-14-6-5-7-15(11-14)21(2)16(18(24)25)12-17(22)23;;/h5-7,11,13,16,20H,3-4,8-10,12H2,1-2H3,(H,22,23)(H,24,25);;/q;2*+1/p-2. The van der Waals surface area contributed by atoms with Crippen molar-refractivity contribution in [3.8, 4) is 0 Å². The van der Waals surface area contributed by atoms with E-state index < -0.39 is 24.4 Å². The normalized spacial score (nSPS) is 11.1. The van der Waals surface area contributed by atoms with Crippen molar-refractivity contribution in [2.24, 2.45) is 4.99 Å². The average Bonchev–Trinajstić information content (AvgIpc) is 2.64. The topological polar surface area (TPSA) is 117 Å². The van der Waals surface area contributed by atoms with Crippen LogP contribution in [0.4, 0.5) is 11.4 Å². The molecule has 1 aromatic rings. The maximum absolute atomic E-state index is 11.2. The summed E-state index contributed by atoms with van der Waals surface area (Å²) >= 11 is 1.85. The number of hydrogen-bond acceptors (Lipinski definition) is 9. The predicted octanol–water partition coefficient (Wildman–Crippen LogP) is -5.71. The van der Waals surface area contributed by atoms with Gasteiger partial charge in [0.1, 0.15) is 0 Å². The summed E-state index contributed by atoms with van der Waals surface area (Å²) in [5.41, 5.74) is 3.74. The molecule has 150 valence electrons. The molecule has 1 N–H and O–H groups in total. The van der Waals surface area contributed by atoms with E-state index in [0.29, 0.717) is 17.9 Å². The summed E-state index contributed by atoms with van der Waals surface area (Å²) in [6.45, 7) is 2.82. The zero-order chi connectivity index (χ0) is 20.1. The molecule has 1 rings (SSSR count). The van der Waals surface area contributed by atoms with Crippen molar-refractivity contribution in [1.82, 2.24) is 0 Å². The van der Waals surface area contributed by atoms with E-state index in [1.807, 2.05) is 11.8 Å². The molecule has 1 aromatic carbocycles. The van der Waals surface area contributed by atoms with E-state index in [9.17, 15) is 19.8 Å². The molecular weight excluding hydrogens is 416 g/mol. The fourth-order valence-electron chi connectivity index (χ4n) is 2.16. The summed E-state index contributed by atoms with van der Waals surface area (Å²) < 4.78 is 0. The molecule has 0 aliphatic heterocycles. The Morgan fingerprint density at radius 1 is 1.31 bits per heavy atom. The van der Waals surface area contributed by atoms with Gasteiger partial charge in [0.25, 0.3) is 0 Å². The molecule has 8 nitrogen and oxygen atoms in total. The number of likely N-dealkylation sites (N-methyl/N-ethyl adjacent to an activating group) is 1. The Kier molecular flexibility index (Phi) is 19.5. The number of aliphatic imine (C=N–C) groups is 1. The van der Waals surface area contributed by atoms with E-state index >= 15 is 0 Å². The van der Waals surface area contributed by atoms with Crippen molar-refractivity contribution >= 4 is 41.5 Å². The van der Waals surface area contributed by atoms with Crippen molar-refractivity contribution in [2.45, 2.75) is 32.2 Å². The molecule has 1 atom stereocenters. The van der Waals surface area contributed by atoms with Crippen molar-refractivity contribution in [1.29, 1.82) is 0 Å². The third kappa shape index (κ3) is 13.5. The Hall–Kier alpha value is -0.420. The maximum atomic E-state index is 11.2. The molecule has 0 amide bonds. The van der Waals surface area contributed by atoms with Gasteiger partial charge < -0.3 is 29.5 Å². The van der Waals surface area contributed by atoms with E-state index in [2.05, 4.69) is 17.4 Å². The summed E-state index contributed by atoms with van der Waals surface area (Å²) in [6.07, 6.45) is 3.04. The second kappa shape index (κ2) is 18.4. The number of aliphatic carboxylic acids is 2. The summed E-state index contributed by atoms with van der Waals surface area (Å²) in [5.74, 6) is -0.877. The zero-order valence-electron chi connectivity index (χ0n) is 17.6. The van der Waals surface area contributed by atoms with Gasteiger partial charge in [0, 0.05) is 30.9 Å². The molecule has 0 saturated heterocycles. The number of nitrogens with zero attached hydrogens (tertiary/aromatic N) is 2. The van der Waals surface area contributed by atoms with Gasteiger partial charge in [0.2, 0.25) is 6.40 Å². The number of anilines is 2. The molecule has 0 bridgehead atoms. The van der Waals surface area contributed by atoms with E-state index in [-0.39, 0.29) is 59.1 Å². The molecule has 0 aliphatic rings. The number of carbonyl (C=O) groups excluding carboxylic acids is 2. The van der Waals surface area contributed by atoms with E-state index in [4.69, 9.17) is 4.84 Å². The SMILES string of the molecule is CCCCSCCN=CONc1cccc(N(C)C(CC(=O)[O-])C(=O)[O-])c1.[Na+].[Na+]. The quantitative estimate of drug-likeness (QED) is 0.0998. The second-order valence-corrected chi connectivity index (χ2v) is 6.99. The summed E-state index contributed by atoms with van der Waals surface area (Å²) in [4.78, 5) is 32.5. The number of carboxylic acids is 2. The minimum absolute atomic E-state index is 0. The molecule has 1 unspecified atom stereocenters. The van der Waals surface area contributed by atoms with Crippen LogP contribution in [-0.2, 0) is 14.4 Å². The van der Waals surface area contributed by atoms with Crippen LogP contribution in [0.15, 0.2) is 29.3 Å². The first kappa shape index (κ1) is 30.8. The van der Waals surface area contributed by atoms with Crippen LogP contribution in [0.3, 0.4) is 0 Å². The molecule has 0 saturated carbocycles. The number of nitrogens with one attached hydrogen (secondary N) is 1. The Labute approximate surface area is 220 Å². The van der Waals surface area contributed by atoms with Crippen molar-refractivity contribution in [3.05, 3.63) is 24.3 Å². The number of thioether (sulfide) groups is 1. The van der Waals surface area contributed by atoms with Crippen LogP contribution >= 0.6 is 11.8 Å². The van der Waals surface area contributed by atoms with Crippen LogP contribution in [0.25, 0.3) is 0 Å². The molecule has 0 radical (unpaired) electrons. The maximum Gasteiger partial charge on any atom is 1.00 e. The molecule has 0 fully saturated rings. The first-order valence-corrected chi connectivity index (χ1v) is 9.82. The fraction of sp³-hybridized carbons (Fsp3) is 0.500. The third-order valence-electron chi connectivity index (χ3n) is 3.66. The number of carbonyl (C=O) groups is 2. The molecule has 29 heavy (non-hydrogen) atoms. The van der Waals surface area contributed by atoms with Crippen LogP contribution in [-0.4, -0.2) is 49.5 Å². The van der Waals surface area contributed by atoms with Gasteiger partial charge in [-0.2, -0.15) is 11.8 Å². The van der Waals surface area contributed by atoms with Gasteiger partial charge in [-0.3, -0.25) is 4.99 Å². The zero-order valence-corrected chi connectivity index (χ0v) is 22.4. The number of unbranched alkanes of at least 4 members (excludes halogenated alkanes) is 1. The number of benzene rings is 1.